The molecule has 0 spiro atoms. The van der Waals surface area contributed by atoms with Gasteiger partial charge >= 0.3 is 12.0 Å². The number of urea groups is 1. The lowest BCUT2D eigenvalue weighted by Crippen LogP contribution is -2.35. The summed E-state index contributed by atoms with van der Waals surface area (Å²) in [7, 11) is 0. The van der Waals surface area contributed by atoms with Crippen molar-refractivity contribution < 1.29 is 19.6 Å². The average molecular weight is 360 g/mol. The van der Waals surface area contributed by atoms with Gasteiger partial charge in [0.1, 0.15) is 0 Å². The molecule has 0 heterocycles. The maximum absolute atomic E-state index is 11.7. The SMILES string of the molecule is CCC(CNC(=O)Nc1ccc([N+](=O)[O-])cc1Br)C(=O)O. The van der Waals surface area contributed by atoms with E-state index in [0.717, 1.165) is 0 Å². The Labute approximate surface area is 128 Å². The third-order valence-corrected chi connectivity index (χ3v) is 3.42. The van der Waals surface area contributed by atoms with E-state index in [-0.39, 0.29) is 12.2 Å². The van der Waals surface area contributed by atoms with Gasteiger partial charge in [-0.15, -0.1) is 0 Å². The van der Waals surface area contributed by atoms with Gasteiger partial charge in [0, 0.05) is 23.2 Å². The van der Waals surface area contributed by atoms with E-state index in [9.17, 15) is 19.7 Å². The molecule has 0 saturated heterocycles. The molecule has 0 saturated carbocycles. The maximum atomic E-state index is 11.7. The van der Waals surface area contributed by atoms with Crippen molar-refractivity contribution in [3.05, 3.63) is 32.8 Å². The van der Waals surface area contributed by atoms with Crippen molar-refractivity contribution in [2.75, 3.05) is 11.9 Å². The van der Waals surface area contributed by atoms with E-state index in [1.54, 1.807) is 6.92 Å². The molecule has 114 valence electrons. The number of nitrogens with one attached hydrogen (secondary N) is 2. The lowest BCUT2D eigenvalue weighted by atomic mass is 10.1. The van der Waals surface area contributed by atoms with Gasteiger partial charge in [0.25, 0.3) is 5.69 Å². The molecular weight excluding hydrogens is 346 g/mol. The van der Waals surface area contributed by atoms with Crippen LogP contribution in [-0.4, -0.2) is 28.6 Å². The summed E-state index contributed by atoms with van der Waals surface area (Å²) in [5.74, 6) is -1.63. The Morgan fingerprint density at radius 2 is 2.14 bits per heavy atom. The largest absolute Gasteiger partial charge is 0.481 e. The van der Waals surface area contributed by atoms with Gasteiger partial charge < -0.3 is 15.7 Å². The van der Waals surface area contributed by atoms with Gasteiger partial charge in [0.2, 0.25) is 0 Å². The summed E-state index contributed by atoms with van der Waals surface area (Å²) in [6, 6.07) is 3.33. The second kappa shape index (κ2) is 7.58. The van der Waals surface area contributed by atoms with Gasteiger partial charge in [0.05, 0.1) is 16.5 Å². The van der Waals surface area contributed by atoms with Crippen molar-refractivity contribution >= 4 is 39.3 Å². The van der Waals surface area contributed by atoms with Crippen molar-refractivity contribution in [1.82, 2.24) is 5.32 Å². The number of carboxylic acid groups (broad SMARTS) is 1. The zero-order valence-electron chi connectivity index (χ0n) is 11.1. The number of carbonyl (C=O) groups is 2. The van der Waals surface area contributed by atoms with Crippen molar-refractivity contribution in [1.29, 1.82) is 0 Å². The third kappa shape index (κ3) is 5.03. The zero-order valence-corrected chi connectivity index (χ0v) is 12.7. The summed E-state index contributed by atoms with van der Waals surface area (Å²) in [4.78, 5) is 32.5. The fourth-order valence-electron chi connectivity index (χ4n) is 1.51. The fraction of sp³-hybridized carbons (Fsp3) is 0.333. The van der Waals surface area contributed by atoms with E-state index >= 15 is 0 Å². The minimum atomic E-state index is -0.977. The predicted octanol–water partition coefficient (Wildman–Crippen LogP) is 2.59. The highest BCUT2D eigenvalue weighted by molar-refractivity contribution is 9.10. The number of nitro benzene ring substituents is 1. The van der Waals surface area contributed by atoms with E-state index in [0.29, 0.717) is 16.6 Å². The first-order valence-electron chi connectivity index (χ1n) is 6.06. The van der Waals surface area contributed by atoms with Crippen LogP contribution in [0.15, 0.2) is 22.7 Å². The van der Waals surface area contributed by atoms with Gasteiger partial charge in [-0.2, -0.15) is 0 Å². The molecule has 1 unspecified atom stereocenters. The summed E-state index contributed by atoms with van der Waals surface area (Å²) in [5, 5.41) is 24.4. The van der Waals surface area contributed by atoms with Gasteiger partial charge in [-0.3, -0.25) is 14.9 Å². The molecule has 0 aromatic heterocycles. The number of rotatable bonds is 6. The molecule has 8 nitrogen and oxygen atoms in total. The monoisotopic (exact) mass is 359 g/mol. The lowest BCUT2D eigenvalue weighted by molar-refractivity contribution is -0.384. The van der Waals surface area contributed by atoms with Crippen molar-refractivity contribution in [3.8, 4) is 0 Å². The van der Waals surface area contributed by atoms with Crippen molar-refractivity contribution in [2.24, 2.45) is 5.92 Å². The lowest BCUT2D eigenvalue weighted by Gasteiger charge is -2.12. The first-order valence-corrected chi connectivity index (χ1v) is 6.86. The second-order valence-corrected chi connectivity index (χ2v) is 5.05. The Morgan fingerprint density at radius 3 is 2.62 bits per heavy atom. The minimum Gasteiger partial charge on any atom is -0.481 e. The number of aliphatic carboxylic acids is 1. The Kier molecular flexibility index (Phi) is 6.10. The summed E-state index contributed by atoms with van der Waals surface area (Å²) < 4.78 is 0.358. The number of hydrogen-bond acceptors (Lipinski definition) is 4. The molecule has 1 aromatic carbocycles. The van der Waals surface area contributed by atoms with Crippen molar-refractivity contribution in [2.45, 2.75) is 13.3 Å². The third-order valence-electron chi connectivity index (χ3n) is 2.76. The molecule has 1 rings (SSSR count). The van der Waals surface area contributed by atoms with Crippen LogP contribution in [0.3, 0.4) is 0 Å². The second-order valence-electron chi connectivity index (χ2n) is 4.20. The highest BCUT2D eigenvalue weighted by Crippen LogP contribution is 2.26. The van der Waals surface area contributed by atoms with Gasteiger partial charge in [-0.05, 0) is 28.4 Å². The smallest absolute Gasteiger partial charge is 0.319 e. The molecule has 9 heteroatoms. The first kappa shape index (κ1) is 16.9. The number of nitro groups is 1. The molecule has 0 fully saturated rings. The molecule has 2 amide bonds. The standard InChI is InChI=1S/C12H14BrN3O5/c1-2-7(11(17)18)6-14-12(19)15-10-4-3-8(16(20)21)5-9(10)13/h3-5,7H,2,6H2,1H3,(H,17,18)(H2,14,15,19). The van der Waals surface area contributed by atoms with Crippen molar-refractivity contribution in [3.63, 3.8) is 0 Å². The highest BCUT2D eigenvalue weighted by atomic mass is 79.9. The molecular formula is C12H14BrN3O5. The zero-order chi connectivity index (χ0) is 16.0. The Morgan fingerprint density at radius 1 is 1.48 bits per heavy atom. The predicted molar refractivity (Wildman–Crippen MR) is 79.2 cm³/mol. The molecule has 1 aromatic rings. The maximum Gasteiger partial charge on any atom is 0.319 e. The van der Waals surface area contributed by atoms with Crippen LogP contribution in [0.2, 0.25) is 0 Å². The van der Waals surface area contributed by atoms with Crippen LogP contribution in [0.4, 0.5) is 16.2 Å². The molecule has 21 heavy (non-hydrogen) atoms. The number of anilines is 1. The van der Waals surface area contributed by atoms with Crippen LogP contribution >= 0.6 is 15.9 Å². The summed E-state index contributed by atoms with van der Waals surface area (Å²) in [6.07, 6.45) is 0.400. The number of non-ortho nitro benzene ring substituents is 1. The quantitative estimate of drug-likeness (QED) is 0.532. The molecule has 0 aliphatic rings. The number of halogens is 1. The Bertz CT molecular complexity index is 564. The number of nitrogens with zero attached hydrogens (tertiary/aromatic N) is 1. The van der Waals surface area contributed by atoms with E-state index in [1.165, 1.54) is 18.2 Å². The van der Waals surface area contributed by atoms with Crippen LogP contribution in [0.1, 0.15) is 13.3 Å². The minimum absolute atomic E-state index is 0.00225. The summed E-state index contributed by atoms with van der Waals surface area (Å²) >= 11 is 3.12. The van der Waals surface area contributed by atoms with E-state index in [2.05, 4.69) is 26.6 Å². The summed E-state index contributed by atoms with van der Waals surface area (Å²) in [5.41, 5.74) is 0.242. The van der Waals surface area contributed by atoms with E-state index < -0.39 is 22.8 Å². The van der Waals surface area contributed by atoms with Gasteiger partial charge in [-0.1, -0.05) is 6.92 Å². The first-order chi connectivity index (χ1) is 9.85. The van der Waals surface area contributed by atoms with Gasteiger partial charge in [-0.25, -0.2) is 4.79 Å². The van der Waals surface area contributed by atoms with Crippen LogP contribution in [0.25, 0.3) is 0 Å². The Hall–Kier alpha value is -2.16. The van der Waals surface area contributed by atoms with E-state index in [1.807, 2.05) is 0 Å². The Balaban J connectivity index is 2.63. The van der Waals surface area contributed by atoms with E-state index in [4.69, 9.17) is 5.11 Å². The number of hydrogen-bond donors (Lipinski definition) is 3. The number of carbonyl (C=O) groups excluding carboxylic acids is 1. The highest BCUT2D eigenvalue weighted by Gasteiger charge is 2.16. The molecule has 0 radical (unpaired) electrons. The number of carboxylic acids is 1. The molecule has 0 bridgehead atoms. The summed E-state index contributed by atoms with van der Waals surface area (Å²) in [6.45, 7) is 1.72. The number of amides is 2. The van der Waals surface area contributed by atoms with Crippen LogP contribution in [0, 0.1) is 16.0 Å². The molecule has 3 N–H and O–H groups in total. The van der Waals surface area contributed by atoms with Crippen LogP contribution in [-0.2, 0) is 4.79 Å². The molecule has 0 aliphatic heterocycles. The molecule has 1 atom stereocenters. The topological polar surface area (TPSA) is 122 Å². The fourth-order valence-corrected chi connectivity index (χ4v) is 1.97. The van der Waals surface area contributed by atoms with Gasteiger partial charge in [0.15, 0.2) is 0 Å². The molecule has 0 aliphatic carbocycles. The normalized spacial score (nSPS) is 11.5. The van der Waals surface area contributed by atoms with Crippen LogP contribution < -0.4 is 10.6 Å². The average Bonchev–Trinajstić information content (AvgIpc) is 2.41. The number of benzene rings is 1. The van der Waals surface area contributed by atoms with Crippen LogP contribution in [0.5, 0.6) is 0 Å².